The number of hydrogen-bond acceptors (Lipinski definition) is 3. The van der Waals surface area contributed by atoms with Crippen molar-refractivity contribution in [3.8, 4) is 6.07 Å². The Hall–Kier alpha value is -2.15. The van der Waals surface area contributed by atoms with Crippen LogP contribution >= 0.6 is 0 Å². The molecule has 2 rings (SSSR count). The minimum atomic E-state index is 0.142. The predicted molar refractivity (Wildman–Crippen MR) is 87.5 cm³/mol. The van der Waals surface area contributed by atoms with Gasteiger partial charge in [0.1, 0.15) is 11.6 Å². The number of hydrogen-bond donors (Lipinski definition) is 0. The molecule has 0 saturated carbocycles. The molecular weight excluding hydrogens is 274 g/mol. The number of carbonyl (C=O) groups is 1. The van der Waals surface area contributed by atoms with Gasteiger partial charge in [0.25, 0.3) is 0 Å². The number of imidazole rings is 1. The van der Waals surface area contributed by atoms with Gasteiger partial charge in [0.05, 0.1) is 23.5 Å². The molecule has 0 fully saturated rings. The van der Waals surface area contributed by atoms with Gasteiger partial charge >= 0.3 is 0 Å². The first-order valence-corrected chi connectivity index (χ1v) is 7.99. The molecule has 0 bridgehead atoms. The minimum Gasteiger partial charge on any atom is -0.327 e. The second kappa shape index (κ2) is 7.74. The molecule has 116 valence electrons. The van der Waals surface area contributed by atoms with E-state index in [1.165, 1.54) is 0 Å². The van der Waals surface area contributed by atoms with Crippen LogP contribution in [0.1, 0.15) is 57.7 Å². The molecule has 0 aliphatic carbocycles. The molecule has 1 aromatic carbocycles. The Morgan fingerprint density at radius 3 is 2.86 bits per heavy atom. The fraction of sp³-hybridized carbons (Fsp3) is 0.500. The summed E-state index contributed by atoms with van der Waals surface area (Å²) in [6.45, 7) is 4.43. The highest BCUT2D eigenvalue weighted by Crippen LogP contribution is 2.29. The highest BCUT2D eigenvalue weighted by molar-refractivity contribution is 5.78. The third-order valence-corrected chi connectivity index (χ3v) is 3.94. The standard InChI is InChI=1S/C18H23N3O/c1-3-4-8-15(13-14(2)22)18-20-16-9-5-6-10-17(16)21(18)12-7-11-19/h5-6,9-10,15H,3-4,7-8,12-13H2,1-2H3. The number of nitriles is 1. The van der Waals surface area contributed by atoms with Crippen LogP contribution in [0.3, 0.4) is 0 Å². The molecule has 0 saturated heterocycles. The maximum Gasteiger partial charge on any atom is 0.130 e. The van der Waals surface area contributed by atoms with Crippen LogP contribution in [0.15, 0.2) is 24.3 Å². The Bertz CT molecular complexity index is 681. The van der Waals surface area contributed by atoms with Gasteiger partial charge in [-0.2, -0.15) is 5.26 Å². The van der Waals surface area contributed by atoms with E-state index in [1.54, 1.807) is 6.92 Å². The summed E-state index contributed by atoms with van der Waals surface area (Å²) >= 11 is 0. The number of aryl methyl sites for hydroxylation is 1. The normalized spacial score (nSPS) is 12.2. The van der Waals surface area contributed by atoms with Crippen LogP contribution in [-0.4, -0.2) is 15.3 Å². The smallest absolute Gasteiger partial charge is 0.130 e. The van der Waals surface area contributed by atoms with E-state index >= 15 is 0 Å². The number of nitrogens with zero attached hydrogens (tertiary/aromatic N) is 3. The number of unbranched alkanes of at least 4 members (excludes halogenated alkanes) is 1. The average molecular weight is 297 g/mol. The molecule has 4 heteroatoms. The monoisotopic (exact) mass is 297 g/mol. The SMILES string of the molecule is CCCCC(CC(C)=O)c1nc2ccccc2n1CCC#N. The average Bonchev–Trinajstić information content (AvgIpc) is 2.87. The van der Waals surface area contributed by atoms with Crippen molar-refractivity contribution in [2.75, 3.05) is 0 Å². The number of carbonyl (C=O) groups excluding carboxylic acids is 1. The van der Waals surface area contributed by atoms with E-state index in [9.17, 15) is 4.79 Å². The molecule has 1 aromatic heterocycles. The molecule has 0 aliphatic heterocycles. The fourth-order valence-electron chi connectivity index (χ4n) is 2.92. The maximum absolute atomic E-state index is 11.6. The van der Waals surface area contributed by atoms with Gasteiger partial charge in [-0.15, -0.1) is 0 Å². The van der Waals surface area contributed by atoms with Crippen molar-refractivity contribution < 1.29 is 4.79 Å². The number of aromatic nitrogens is 2. The zero-order valence-electron chi connectivity index (χ0n) is 13.4. The van der Waals surface area contributed by atoms with E-state index in [4.69, 9.17) is 10.2 Å². The van der Waals surface area contributed by atoms with Crippen LogP contribution in [0.2, 0.25) is 0 Å². The Labute approximate surface area is 131 Å². The number of fused-ring (bicyclic) bond motifs is 1. The molecular formula is C18H23N3O. The molecule has 1 unspecified atom stereocenters. The highest BCUT2D eigenvalue weighted by Gasteiger charge is 2.21. The zero-order valence-corrected chi connectivity index (χ0v) is 13.4. The lowest BCUT2D eigenvalue weighted by atomic mass is 9.95. The Balaban J connectivity index is 2.44. The fourth-order valence-corrected chi connectivity index (χ4v) is 2.92. The van der Waals surface area contributed by atoms with Gasteiger partial charge in [-0.3, -0.25) is 0 Å². The summed E-state index contributed by atoms with van der Waals surface area (Å²) in [6.07, 6.45) is 4.13. The second-order valence-corrected chi connectivity index (χ2v) is 5.76. The first kappa shape index (κ1) is 16.2. The minimum absolute atomic E-state index is 0.142. The van der Waals surface area contributed by atoms with Crippen LogP contribution in [0.4, 0.5) is 0 Å². The van der Waals surface area contributed by atoms with Crippen LogP contribution in [0.25, 0.3) is 11.0 Å². The summed E-state index contributed by atoms with van der Waals surface area (Å²) in [5.74, 6) is 1.30. The van der Waals surface area contributed by atoms with Crippen LogP contribution in [-0.2, 0) is 11.3 Å². The van der Waals surface area contributed by atoms with Crippen molar-refractivity contribution in [1.82, 2.24) is 9.55 Å². The van der Waals surface area contributed by atoms with Crippen molar-refractivity contribution in [2.45, 2.75) is 58.4 Å². The highest BCUT2D eigenvalue weighted by atomic mass is 16.1. The lowest BCUT2D eigenvalue weighted by molar-refractivity contribution is -0.117. The predicted octanol–water partition coefficient (Wildman–Crippen LogP) is 4.20. The molecule has 1 atom stereocenters. The van der Waals surface area contributed by atoms with E-state index in [1.807, 2.05) is 24.3 Å². The molecule has 4 nitrogen and oxygen atoms in total. The number of ketones is 1. The van der Waals surface area contributed by atoms with Crippen LogP contribution < -0.4 is 0 Å². The molecule has 1 heterocycles. The third kappa shape index (κ3) is 3.73. The maximum atomic E-state index is 11.6. The van der Waals surface area contributed by atoms with E-state index in [0.29, 0.717) is 19.4 Å². The molecule has 0 amide bonds. The lowest BCUT2D eigenvalue weighted by Crippen LogP contribution is -2.12. The van der Waals surface area contributed by atoms with Crippen molar-refractivity contribution in [1.29, 1.82) is 5.26 Å². The van der Waals surface area contributed by atoms with Gasteiger partial charge in [-0.25, -0.2) is 4.98 Å². The summed E-state index contributed by atoms with van der Waals surface area (Å²) in [5.41, 5.74) is 2.00. The van der Waals surface area contributed by atoms with Gasteiger partial charge in [0.15, 0.2) is 0 Å². The Morgan fingerprint density at radius 1 is 1.41 bits per heavy atom. The number of para-hydroxylation sites is 2. The zero-order chi connectivity index (χ0) is 15.9. The summed E-state index contributed by atoms with van der Waals surface area (Å²) in [4.78, 5) is 16.4. The van der Waals surface area contributed by atoms with Gasteiger partial charge in [-0.05, 0) is 25.5 Å². The van der Waals surface area contributed by atoms with Crippen molar-refractivity contribution >= 4 is 16.8 Å². The largest absolute Gasteiger partial charge is 0.327 e. The van der Waals surface area contributed by atoms with Crippen LogP contribution in [0.5, 0.6) is 0 Å². The molecule has 0 radical (unpaired) electrons. The summed E-state index contributed by atoms with van der Waals surface area (Å²) in [7, 11) is 0. The van der Waals surface area contributed by atoms with Gasteiger partial charge in [0.2, 0.25) is 0 Å². The van der Waals surface area contributed by atoms with E-state index in [0.717, 1.165) is 36.1 Å². The van der Waals surface area contributed by atoms with Crippen molar-refractivity contribution in [3.63, 3.8) is 0 Å². The third-order valence-electron chi connectivity index (χ3n) is 3.94. The lowest BCUT2D eigenvalue weighted by Gasteiger charge is -2.17. The number of Topliss-reactive ketones (excluding diaryl/α,β-unsaturated/α-hetero) is 1. The first-order chi connectivity index (χ1) is 10.7. The number of rotatable bonds is 8. The van der Waals surface area contributed by atoms with E-state index in [2.05, 4.69) is 17.6 Å². The van der Waals surface area contributed by atoms with Crippen molar-refractivity contribution in [2.24, 2.45) is 0 Å². The molecule has 0 aliphatic rings. The van der Waals surface area contributed by atoms with Gasteiger partial charge < -0.3 is 9.36 Å². The number of benzene rings is 1. The Morgan fingerprint density at radius 2 is 2.18 bits per heavy atom. The summed E-state index contributed by atoms with van der Waals surface area (Å²) in [5, 5.41) is 8.92. The van der Waals surface area contributed by atoms with E-state index in [-0.39, 0.29) is 11.7 Å². The first-order valence-electron chi connectivity index (χ1n) is 7.99. The van der Waals surface area contributed by atoms with Gasteiger partial charge in [-0.1, -0.05) is 31.9 Å². The molecule has 0 spiro atoms. The van der Waals surface area contributed by atoms with Crippen molar-refractivity contribution in [3.05, 3.63) is 30.1 Å². The topological polar surface area (TPSA) is 58.7 Å². The molecule has 22 heavy (non-hydrogen) atoms. The Kier molecular flexibility index (Phi) is 5.71. The molecule has 0 N–H and O–H groups in total. The quantitative estimate of drug-likeness (QED) is 0.733. The summed E-state index contributed by atoms with van der Waals surface area (Å²) < 4.78 is 2.13. The second-order valence-electron chi connectivity index (χ2n) is 5.76. The van der Waals surface area contributed by atoms with E-state index < -0.39 is 0 Å². The summed E-state index contributed by atoms with van der Waals surface area (Å²) in [6, 6.07) is 10.2. The van der Waals surface area contributed by atoms with Gasteiger partial charge in [0, 0.05) is 18.9 Å². The molecule has 2 aromatic rings. The van der Waals surface area contributed by atoms with Crippen LogP contribution in [0, 0.1) is 11.3 Å².